The molecule has 1 aliphatic heterocycles. The molecule has 0 spiro atoms. The molecule has 0 radical (unpaired) electrons. The third-order valence-electron chi connectivity index (χ3n) is 4.30. The van der Waals surface area contributed by atoms with Gasteiger partial charge in [-0.1, -0.05) is 25.1 Å². The first-order valence-corrected chi connectivity index (χ1v) is 10.2. The van der Waals surface area contributed by atoms with Crippen molar-refractivity contribution < 1.29 is 12.9 Å². The number of benzene rings is 1. The second-order valence-corrected chi connectivity index (χ2v) is 8.69. The highest BCUT2D eigenvalue weighted by Gasteiger charge is 2.40. The molecule has 25 heavy (non-hydrogen) atoms. The molecule has 0 saturated carbocycles. The summed E-state index contributed by atoms with van der Waals surface area (Å²) in [6, 6.07) is 4.58. The summed E-state index contributed by atoms with van der Waals surface area (Å²) >= 11 is 1.01. The minimum Gasteiger partial charge on any atom is -0.338 e. The topological polar surface area (TPSA) is 102 Å². The fourth-order valence-corrected chi connectivity index (χ4v) is 5.41. The van der Waals surface area contributed by atoms with Gasteiger partial charge in [0, 0.05) is 12.5 Å². The van der Waals surface area contributed by atoms with Crippen molar-refractivity contribution in [3.8, 4) is 0 Å². The van der Waals surface area contributed by atoms with Gasteiger partial charge in [0.15, 0.2) is 5.82 Å². The van der Waals surface area contributed by atoms with Gasteiger partial charge in [-0.05, 0) is 25.0 Å². The molecular formula is C15H17N5O3S2. The predicted octanol–water partition coefficient (Wildman–Crippen LogP) is 2.72. The fourth-order valence-electron chi connectivity index (χ4n) is 3.01. The Balaban J connectivity index is 1.75. The summed E-state index contributed by atoms with van der Waals surface area (Å²) in [6.45, 7) is 4.35. The summed E-state index contributed by atoms with van der Waals surface area (Å²) in [7, 11) is -3.73. The molecule has 0 unspecified atom stereocenters. The summed E-state index contributed by atoms with van der Waals surface area (Å²) < 4.78 is 41.6. The van der Waals surface area contributed by atoms with E-state index in [1.165, 1.54) is 4.31 Å². The average molecular weight is 379 g/mol. The van der Waals surface area contributed by atoms with Crippen molar-refractivity contribution in [2.75, 3.05) is 6.54 Å². The van der Waals surface area contributed by atoms with Crippen LogP contribution in [0.2, 0.25) is 0 Å². The molecule has 1 aromatic carbocycles. The average Bonchev–Trinajstić information content (AvgIpc) is 3.31. The molecule has 3 aromatic rings. The Morgan fingerprint density at radius 1 is 1.32 bits per heavy atom. The number of nitrogens with zero attached hydrogens (tertiary/aromatic N) is 5. The maximum atomic E-state index is 13.2. The Morgan fingerprint density at radius 2 is 2.16 bits per heavy atom. The van der Waals surface area contributed by atoms with Gasteiger partial charge >= 0.3 is 0 Å². The number of hydrogen-bond donors (Lipinski definition) is 0. The molecule has 0 amide bonds. The lowest BCUT2D eigenvalue weighted by molar-refractivity contribution is 0.289. The molecule has 132 valence electrons. The molecule has 10 heteroatoms. The number of hydrogen-bond acceptors (Lipinski definition) is 8. The Kier molecular flexibility index (Phi) is 4.05. The van der Waals surface area contributed by atoms with Crippen LogP contribution in [-0.4, -0.2) is 38.2 Å². The van der Waals surface area contributed by atoms with Gasteiger partial charge in [0.05, 0.1) is 11.7 Å². The van der Waals surface area contributed by atoms with Crippen molar-refractivity contribution in [3.63, 3.8) is 0 Å². The van der Waals surface area contributed by atoms with Gasteiger partial charge in [0.25, 0.3) is 0 Å². The van der Waals surface area contributed by atoms with E-state index in [0.29, 0.717) is 35.7 Å². The summed E-state index contributed by atoms with van der Waals surface area (Å²) in [6.07, 6.45) is 1.40. The van der Waals surface area contributed by atoms with E-state index in [-0.39, 0.29) is 10.8 Å². The number of sulfonamides is 1. The molecule has 1 atom stereocenters. The van der Waals surface area contributed by atoms with Gasteiger partial charge < -0.3 is 4.52 Å². The zero-order chi connectivity index (χ0) is 17.6. The first-order chi connectivity index (χ1) is 12.0. The largest absolute Gasteiger partial charge is 0.338 e. The van der Waals surface area contributed by atoms with Crippen molar-refractivity contribution >= 4 is 32.8 Å². The van der Waals surface area contributed by atoms with E-state index in [1.807, 2.05) is 13.8 Å². The Morgan fingerprint density at radius 3 is 2.92 bits per heavy atom. The first kappa shape index (κ1) is 16.6. The number of aromatic nitrogens is 4. The molecule has 1 aliphatic rings. The lowest BCUT2D eigenvalue weighted by Crippen LogP contribution is -2.31. The summed E-state index contributed by atoms with van der Waals surface area (Å²) in [5, 5.41) is 3.96. The van der Waals surface area contributed by atoms with Crippen LogP contribution in [0.15, 0.2) is 27.6 Å². The smallest absolute Gasteiger partial charge is 0.246 e. The minimum atomic E-state index is -3.73. The van der Waals surface area contributed by atoms with Crippen LogP contribution in [0.4, 0.5) is 0 Å². The quantitative estimate of drug-likeness (QED) is 0.686. The van der Waals surface area contributed by atoms with Gasteiger partial charge in [-0.2, -0.15) is 18.0 Å². The monoisotopic (exact) mass is 379 g/mol. The molecule has 1 saturated heterocycles. The van der Waals surface area contributed by atoms with Gasteiger partial charge in [-0.3, -0.25) is 0 Å². The van der Waals surface area contributed by atoms with Crippen LogP contribution < -0.4 is 0 Å². The maximum absolute atomic E-state index is 13.2. The number of rotatable bonds is 4. The van der Waals surface area contributed by atoms with Crippen molar-refractivity contribution in [2.45, 2.75) is 43.5 Å². The van der Waals surface area contributed by atoms with Gasteiger partial charge in [-0.15, -0.1) is 0 Å². The van der Waals surface area contributed by atoms with Crippen molar-refractivity contribution in [1.82, 2.24) is 23.2 Å². The molecule has 8 nitrogen and oxygen atoms in total. The third-order valence-corrected chi connectivity index (χ3v) is 6.78. The van der Waals surface area contributed by atoms with Gasteiger partial charge in [0.1, 0.15) is 22.0 Å². The third kappa shape index (κ3) is 2.74. The highest BCUT2D eigenvalue weighted by Crippen LogP contribution is 2.37. The van der Waals surface area contributed by atoms with E-state index >= 15 is 0 Å². The van der Waals surface area contributed by atoms with E-state index < -0.39 is 16.1 Å². The van der Waals surface area contributed by atoms with Crippen LogP contribution in [0.5, 0.6) is 0 Å². The van der Waals surface area contributed by atoms with E-state index in [4.69, 9.17) is 4.52 Å². The summed E-state index contributed by atoms with van der Waals surface area (Å²) in [5.74, 6) is 1.07. The highest BCUT2D eigenvalue weighted by molar-refractivity contribution is 7.89. The Labute approximate surface area is 149 Å². The molecular weight excluding hydrogens is 362 g/mol. The molecule has 0 bridgehead atoms. The lowest BCUT2D eigenvalue weighted by atomic mass is 10.2. The lowest BCUT2D eigenvalue weighted by Gasteiger charge is -2.21. The van der Waals surface area contributed by atoms with E-state index in [2.05, 4.69) is 18.9 Å². The van der Waals surface area contributed by atoms with Gasteiger partial charge in [-0.25, -0.2) is 8.42 Å². The maximum Gasteiger partial charge on any atom is 0.246 e. The predicted molar refractivity (Wildman–Crippen MR) is 91.7 cm³/mol. The highest BCUT2D eigenvalue weighted by atomic mass is 32.2. The van der Waals surface area contributed by atoms with E-state index in [0.717, 1.165) is 18.1 Å². The van der Waals surface area contributed by atoms with Crippen LogP contribution in [-0.2, 0) is 10.0 Å². The van der Waals surface area contributed by atoms with Crippen LogP contribution in [0.3, 0.4) is 0 Å². The van der Waals surface area contributed by atoms with Crippen LogP contribution in [0.25, 0.3) is 11.0 Å². The Hall–Kier alpha value is -1.91. The van der Waals surface area contributed by atoms with Gasteiger partial charge in [0.2, 0.25) is 15.9 Å². The fraction of sp³-hybridized carbons (Fsp3) is 0.467. The molecule has 1 fully saturated rings. The van der Waals surface area contributed by atoms with Crippen LogP contribution >= 0.6 is 11.7 Å². The molecule has 0 aliphatic carbocycles. The zero-order valence-corrected chi connectivity index (χ0v) is 15.4. The number of fused-ring (bicyclic) bond motifs is 1. The minimum absolute atomic E-state index is 0.124. The van der Waals surface area contributed by atoms with Crippen LogP contribution in [0.1, 0.15) is 50.4 Å². The summed E-state index contributed by atoms with van der Waals surface area (Å²) in [4.78, 5) is 4.57. The van der Waals surface area contributed by atoms with E-state index in [9.17, 15) is 8.42 Å². The second kappa shape index (κ2) is 6.11. The normalized spacial score (nSPS) is 19.2. The van der Waals surface area contributed by atoms with Crippen LogP contribution in [0, 0.1) is 0 Å². The van der Waals surface area contributed by atoms with Crippen molar-refractivity contribution in [1.29, 1.82) is 0 Å². The molecule has 4 rings (SSSR count). The van der Waals surface area contributed by atoms with Crippen molar-refractivity contribution in [2.24, 2.45) is 0 Å². The zero-order valence-electron chi connectivity index (χ0n) is 13.8. The molecule has 3 heterocycles. The first-order valence-electron chi connectivity index (χ1n) is 8.05. The Bertz CT molecular complexity index is 1010. The standard InChI is InChI=1S/C15H17N5O3S2/c1-9(2)14-16-15(23-17-14)11-6-4-8-20(11)25(21,22)12-7-3-5-10-13(12)19-24-18-10/h3,5,7,9,11H,4,6,8H2,1-2H3/t11-/m0/s1. The van der Waals surface area contributed by atoms with Crippen molar-refractivity contribution in [3.05, 3.63) is 29.9 Å². The second-order valence-electron chi connectivity index (χ2n) is 6.31. The molecule has 0 N–H and O–H groups in total. The summed E-state index contributed by atoms with van der Waals surface area (Å²) in [5.41, 5.74) is 0.994. The molecule has 2 aromatic heterocycles. The SMILES string of the molecule is CC(C)c1noc([C@@H]2CCCN2S(=O)(=O)c2cccc3nsnc23)n1. The van der Waals surface area contributed by atoms with E-state index in [1.54, 1.807) is 18.2 Å².